The van der Waals surface area contributed by atoms with E-state index in [4.69, 9.17) is 9.47 Å². The van der Waals surface area contributed by atoms with Gasteiger partial charge in [0.25, 0.3) is 0 Å². The van der Waals surface area contributed by atoms with Gasteiger partial charge in [0.15, 0.2) is 0 Å². The highest BCUT2D eigenvalue weighted by molar-refractivity contribution is 6.03. The van der Waals surface area contributed by atoms with Gasteiger partial charge in [-0.05, 0) is 71.7 Å². The van der Waals surface area contributed by atoms with E-state index in [1.54, 1.807) is 53.4 Å². The van der Waals surface area contributed by atoms with Gasteiger partial charge in [0.05, 0.1) is 12.0 Å². The van der Waals surface area contributed by atoms with Gasteiger partial charge < -0.3 is 14.4 Å². The summed E-state index contributed by atoms with van der Waals surface area (Å²) in [5, 5.41) is 0. The molecule has 6 nitrogen and oxygen atoms in total. The summed E-state index contributed by atoms with van der Waals surface area (Å²) in [5.41, 5.74) is 2.68. The molecule has 3 aromatic rings. The molecule has 0 radical (unpaired) electrons. The van der Waals surface area contributed by atoms with Gasteiger partial charge in [0, 0.05) is 19.5 Å². The fourth-order valence-corrected chi connectivity index (χ4v) is 4.32. The number of hydrogen-bond acceptors (Lipinski definition) is 5. The van der Waals surface area contributed by atoms with Gasteiger partial charge in [0.2, 0.25) is 5.91 Å². The number of carbonyl (C=O) groups is 3. The number of rotatable bonds is 8. The third-order valence-electron chi connectivity index (χ3n) is 6.07. The van der Waals surface area contributed by atoms with Gasteiger partial charge in [-0.3, -0.25) is 14.4 Å². The van der Waals surface area contributed by atoms with E-state index >= 15 is 0 Å². The molecule has 1 saturated heterocycles. The van der Waals surface area contributed by atoms with Crippen LogP contribution in [0.2, 0.25) is 0 Å². The minimum Gasteiger partial charge on any atom is -0.461 e. The lowest BCUT2D eigenvalue weighted by Gasteiger charge is -2.47. The Morgan fingerprint density at radius 1 is 0.865 bits per heavy atom. The van der Waals surface area contributed by atoms with Crippen LogP contribution in [0.15, 0.2) is 78.9 Å². The first-order chi connectivity index (χ1) is 17.7. The molecule has 0 N–H and O–H groups in total. The fraction of sp³-hybridized carbons (Fsp3) is 0.207. The number of benzene rings is 3. The average molecular weight is 506 g/mol. The maximum Gasteiger partial charge on any atom is 0.308 e. The number of hydrogen-bond donors (Lipinski definition) is 0. The van der Waals surface area contributed by atoms with E-state index in [1.165, 1.54) is 38.1 Å². The molecule has 3 aromatic carbocycles. The molecule has 4 rings (SSSR count). The Balaban J connectivity index is 1.65. The van der Waals surface area contributed by atoms with Crippen LogP contribution >= 0.6 is 0 Å². The van der Waals surface area contributed by atoms with Crippen molar-refractivity contribution in [1.29, 1.82) is 0 Å². The van der Waals surface area contributed by atoms with E-state index < -0.39 is 29.5 Å². The summed E-state index contributed by atoms with van der Waals surface area (Å²) in [7, 11) is 0. The number of anilines is 1. The predicted molar refractivity (Wildman–Crippen MR) is 133 cm³/mol. The van der Waals surface area contributed by atoms with Crippen LogP contribution in [0.4, 0.5) is 14.5 Å². The Hall–Kier alpha value is -4.33. The van der Waals surface area contributed by atoms with Crippen LogP contribution in [0.25, 0.3) is 5.57 Å². The van der Waals surface area contributed by atoms with Gasteiger partial charge in [-0.1, -0.05) is 30.3 Å². The van der Waals surface area contributed by atoms with Crippen LogP contribution in [0.3, 0.4) is 0 Å². The number of β-lactam (4-membered cyclic amide) rings is 1. The molecule has 0 bridgehead atoms. The van der Waals surface area contributed by atoms with Crippen molar-refractivity contribution in [3.63, 3.8) is 0 Å². The van der Waals surface area contributed by atoms with Crippen molar-refractivity contribution in [1.82, 2.24) is 0 Å². The molecule has 190 valence electrons. The van der Waals surface area contributed by atoms with E-state index in [9.17, 15) is 23.2 Å². The highest BCUT2D eigenvalue weighted by Gasteiger charge is 2.48. The van der Waals surface area contributed by atoms with Crippen LogP contribution in [-0.4, -0.2) is 24.5 Å². The predicted octanol–water partition coefficient (Wildman–Crippen LogP) is 5.63. The zero-order chi connectivity index (χ0) is 26.5. The van der Waals surface area contributed by atoms with E-state index in [-0.39, 0.29) is 18.6 Å². The second-order valence-electron chi connectivity index (χ2n) is 8.65. The molecule has 1 amide bonds. The second-order valence-corrected chi connectivity index (χ2v) is 8.65. The van der Waals surface area contributed by atoms with Gasteiger partial charge >= 0.3 is 11.9 Å². The fourth-order valence-electron chi connectivity index (χ4n) is 4.32. The summed E-state index contributed by atoms with van der Waals surface area (Å²) in [6, 6.07) is 18.0. The van der Waals surface area contributed by atoms with Gasteiger partial charge in [0.1, 0.15) is 24.0 Å². The minimum atomic E-state index is -0.461. The third kappa shape index (κ3) is 6.09. The third-order valence-corrected chi connectivity index (χ3v) is 6.07. The van der Waals surface area contributed by atoms with Crippen LogP contribution in [0.1, 0.15) is 37.4 Å². The summed E-state index contributed by atoms with van der Waals surface area (Å²) in [5.74, 6) is -1.93. The van der Waals surface area contributed by atoms with Crippen molar-refractivity contribution in [2.75, 3.05) is 11.5 Å². The molecule has 1 fully saturated rings. The summed E-state index contributed by atoms with van der Waals surface area (Å²) < 4.78 is 37.3. The molecule has 0 unspecified atom stereocenters. The van der Waals surface area contributed by atoms with Crippen molar-refractivity contribution in [3.8, 4) is 5.75 Å². The highest BCUT2D eigenvalue weighted by Crippen LogP contribution is 2.46. The first kappa shape index (κ1) is 25.8. The lowest BCUT2D eigenvalue weighted by Crippen LogP contribution is -2.55. The monoisotopic (exact) mass is 505 g/mol. The first-order valence-electron chi connectivity index (χ1n) is 11.7. The molecular weight excluding hydrogens is 480 g/mol. The van der Waals surface area contributed by atoms with Gasteiger partial charge in [-0.25, -0.2) is 8.78 Å². The number of amides is 1. The number of halogens is 2. The van der Waals surface area contributed by atoms with Crippen molar-refractivity contribution in [2.24, 2.45) is 5.92 Å². The Bertz CT molecular complexity index is 1320. The number of carbonyl (C=O) groups excluding carboxylic acids is 3. The molecule has 1 aliphatic rings. The molecule has 0 aliphatic carbocycles. The summed E-state index contributed by atoms with van der Waals surface area (Å²) in [6.45, 7) is 2.59. The average Bonchev–Trinajstić information content (AvgIpc) is 2.86. The lowest BCUT2D eigenvalue weighted by molar-refractivity contribution is -0.139. The molecule has 0 saturated carbocycles. The number of ether oxygens (including phenoxy) is 2. The zero-order valence-corrected chi connectivity index (χ0v) is 20.3. The van der Waals surface area contributed by atoms with Crippen molar-refractivity contribution < 1.29 is 32.6 Å². The highest BCUT2D eigenvalue weighted by atomic mass is 19.1. The largest absolute Gasteiger partial charge is 0.461 e. The van der Waals surface area contributed by atoms with Crippen LogP contribution in [0, 0.1) is 17.6 Å². The van der Waals surface area contributed by atoms with Gasteiger partial charge in [-0.2, -0.15) is 0 Å². The van der Waals surface area contributed by atoms with Crippen molar-refractivity contribution >= 4 is 29.1 Å². The second kappa shape index (κ2) is 11.2. The van der Waals surface area contributed by atoms with Crippen LogP contribution < -0.4 is 9.64 Å². The molecular formula is C29H25F2NO5. The Kier molecular flexibility index (Phi) is 7.77. The zero-order valence-electron chi connectivity index (χ0n) is 20.3. The molecule has 1 heterocycles. The molecule has 8 heteroatoms. The SMILES string of the molecule is CC(=O)OCC(=CC[C@H]1C(=O)N(c2ccc(F)cc2)[C@@H]1c1ccc(OC(C)=O)cc1)c1ccc(F)cc1. The standard InChI is InChI=1S/C29H25F2NO5/c1-18(33)36-17-22(20-3-8-23(30)9-4-20)7-16-27-28(21-5-14-26(15-6-21)37-19(2)34)32(29(27)35)25-12-10-24(31)11-13-25/h3-15,27-28H,16-17H2,1-2H3/t27-,28-/m1/s1. The topological polar surface area (TPSA) is 72.9 Å². The van der Waals surface area contributed by atoms with Gasteiger partial charge in [-0.15, -0.1) is 0 Å². The summed E-state index contributed by atoms with van der Waals surface area (Å²) >= 11 is 0. The van der Waals surface area contributed by atoms with E-state index in [0.717, 1.165) is 5.56 Å². The van der Waals surface area contributed by atoms with E-state index in [1.807, 2.05) is 6.08 Å². The summed E-state index contributed by atoms with van der Waals surface area (Å²) in [6.07, 6.45) is 2.14. The maximum atomic E-state index is 13.5. The summed E-state index contributed by atoms with van der Waals surface area (Å²) in [4.78, 5) is 37.6. The Morgan fingerprint density at radius 3 is 2.03 bits per heavy atom. The van der Waals surface area contributed by atoms with Crippen LogP contribution in [-0.2, 0) is 19.1 Å². The molecule has 1 aliphatic heterocycles. The van der Waals surface area contributed by atoms with E-state index in [2.05, 4.69) is 0 Å². The van der Waals surface area contributed by atoms with Crippen molar-refractivity contribution in [3.05, 3.63) is 102 Å². The number of nitrogens with zero attached hydrogens (tertiary/aromatic N) is 1. The minimum absolute atomic E-state index is 0.0225. The Morgan fingerprint density at radius 2 is 1.46 bits per heavy atom. The van der Waals surface area contributed by atoms with Crippen molar-refractivity contribution in [2.45, 2.75) is 26.3 Å². The molecule has 37 heavy (non-hydrogen) atoms. The normalized spacial score (nSPS) is 17.2. The molecule has 2 atom stereocenters. The molecule has 0 aromatic heterocycles. The first-order valence-corrected chi connectivity index (χ1v) is 11.7. The number of esters is 2. The molecule has 0 spiro atoms. The van der Waals surface area contributed by atoms with Crippen LogP contribution in [0.5, 0.6) is 5.75 Å². The number of allylic oxidation sites excluding steroid dienone is 1. The smallest absolute Gasteiger partial charge is 0.308 e. The maximum absolute atomic E-state index is 13.5. The quantitative estimate of drug-likeness (QED) is 0.225. The Labute approximate surface area is 213 Å². The van der Waals surface area contributed by atoms with E-state index in [0.29, 0.717) is 29.0 Å². The lowest BCUT2D eigenvalue weighted by atomic mass is 9.79.